The normalized spacial score (nSPS) is 32.7. The van der Waals surface area contributed by atoms with E-state index in [-0.39, 0.29) is 35.4 Å². The largest absolute Gasteiger partial charge is 0.382 e. The van der Waals surface area contributed by atoms with Gasteiger partial charge in [0.15, 0.2) is 5.78 Å². The Hall–Kier alpha value is -0.0100. The zero-order valence-electron chi connectivity index (χ0n) is 22.8. The fourth-order valence-electron chi connectivity index (χ4n) is 7.92. The maximum absolute atomic E-state index is 15.9. The van der Waals surface area contributed by atoms with Gasteiger partial charge in [0.25, 0.3) is 0 Å². The molecule has 210 valence electrons. The number of fused-ring (bicyclic) bond motifs is 4. The average Bonchev–Trinajstić information content (AvgIpc) is 3.14. The van der Waals surface area contributed by atoms with Crippen LogP contribution >= 0.6 is 57.9 Å². The number of carbonyl (C=O) groups excluding carboxylic acids is 1. The van der Waals surface area contributed by atoms with Crippen LogP contribution in [-0.2, 0) is 10.2 Å². The number of halogens is 4. The van der Waals surface area contributed by atoms with Gasteiger partial charge in [-0.3, -0.25) is 4.79 Å². The first-order valence-electron chi connectivity index (χ1n) is 13.7. The van der Waals surface area contributed by atoms with E-state index in [2.05, 4.69) is 100 Å². The zero-order valence-corrected chi connectivity index (χ0v) is 28.8. The van der Waals surface area contributed by atoms with Crippen molar-refractivity contribution in [3.8, 4) is 11.2 Å². The van der Waals surface area contributed by atoms with Crippen molar-refractivity contribution in [1.82, 2.24) is 0 Å². The summed E-state index contributed by atoms with van der Waals surface area (Å²) in [6.45, 7) is 8.47. The highest BCUT2D eigenvalue weighted by molar-refractivity contribution is 14.3. The fraction of sp³-hybridized carbons (Fsp3) is 0.581. The second-order valence-corrected chi connectivity index (χ2v) is 30.6. The van der Waals surface area contributed by atoms with E-state index in [0.717, 1.165) is 30.4 Å². The topological polar surface area (TPSA) is 37.3 Å². The Labute approximate surface area is 262 Å². The van der Waals surface area contributed by atoms with Crippen LogP contribution in [0.25, 0.3) is 0 Å². The number of alkyl halides is 2. The van der Waals surface area contributed by atoms with Crippen molar-refractivity contribution in [3.05, 3.63) is 58.2 Å². The smallest absolute Gasteiger partial charge is 0.337 e. The average molecular weight is 794 g/mol. The van der Waals surface area contributed by atoms with Gasteiger partial charge < -0.3 is 5.11 Å². The Kier molecular flexibility index (Phi) is 8.53. The highest BCUT2D eigenvalue weighted by atomic mass is 127. The maximum atomic E-state index is 15.9. The SMILES string of the molecule is CC(C)(C)c1ccc(C2C[C@@]3(C)C(CC[C@@]3(O)C(F)(F)C#CSP(I)I)C3CCC4=CC(=O)CCC4=C23)cc1. The van der Waals surface area contributed by atoms with Crippen molar-refractivity contribution < 1.29 is 18.7 Å². The molecule has 0 bridgehead atoms. The first-order chi connectivity index (χ1) is 18.2. The first kappa shape index (κ1) is 30.4. The van der Waals surface area contributed by atoms with Crippen LogP contribution in [-0.4, -0.2) is 22.4 Å². The van der Waals surface area contributed by atoms with Crippen LogP contribution in [0.1, 0.15) is 89.7 Å². The fourth-order valence-corrected chi connectivity index (χ4v) is 10.3. The zero-order chi connectivity index (χ0) is 28.4. The molecule has 5 rings (SSSR count). The Balaban J connectivity index is 1.63. The number of benzene rings is 1. The number of allylic oxidation sites excluding steroid dienone is 4. The van der Waals surface area contributed by atoms with Gasteiger partial charge in [0.1, 0.15) is 5.60 Å². The predicted octanol–water partition coefficient (Wildman–Crippen LogP) is 10.0. The van der Waals surface area contributed by atoms with Gasteiger partial charge in [0.2, 0.25) is 0 Å². The van der Waals surface area contributed by atoms with Gasteiger partial charge >= 0.3 is 5.92 Å². The summed E-state index contributed by atoms with van der Waals surface area (Å²) in [4.78, 5) is 12.3. The highest BCUT2D eigenvalue weighted by Gasteiger charge is 2.71. The van der Waals surface area contributed by atoms with Gasteiger partial charge in [-0.25, -0.2) is 0 Å². The van der Waals surface area contributed by atoms with E-state index in [0.29, 0.717) is 19.3 Å². The molecule has 8 heteroatoms. The minimum absolute atomic E-state index is 0.0117. The minimum atomic E-state index is -3.50. The molecule has 0 aromatic heterocycles. The van der Waals surface area contributed by atoms with E-state index >= 15 is 8.78 Å². The number of carbonyl (C=O) groups is 1. The Bertz CT molecular complexity index is 1290. The van der Waals surface area contributed by atoms with Gasteiger partial charge in [0.05, 0.1) is 2.41 Å². The van der Waals surface area contributed by atoms with Gasteiger partial charge in [0, 0.05) is 17.8 Å². The third-order valence-corrected chi connectivity index (χ3v) is 14.5. The third kappa shape index (κ3) is 5.34. The summed E-state index contributed by atoms with van der Waals surface area (Å²) in [6.07, 6.45) is 5.79. The molecule has 5 atom stereocenters. The van der Waals surface area contributed by atoms with Gasteiger partial charge in [-0.15, -0.1) is 0 Å². The molecule has 4 aliphatic carbocycles. The summed E-state index contributed by atoms with van der Waals surface area (Å²) in [5.41, 5.74) is 2.97. The minimum Gasteiger partial charge on any atom is -0.382 e. The number of aliphatic hydroxyl groups is 1. The third-order valence-electron chi connectivity index (χ3n) is 9.91. The van der Waals surface area contributed by atoms with E-state index in [9.17, 15) is 9.90 Å². The molecule has 1 aromatic rings. The van der Waals surface area contributed by atoms with Crippen molar-refractivity contribution in [2.75, 3.05) is 0 Å². The number of hydrogen-bond acceptors (Lipinski definition) is 3. The molecule has 1 N–H and O–H groups in total. The molecule has 0 aliphatic heterocycles. The molecular weight excluding hydrogens is 759 g/mol. The van der Waals surface area contributed by atoms with E-state index in [1.807, 2.05) is 13.0 Å². The van der Waals surface area contributed by atoms with Crippen molar-refractivity contribution in [1.29, 1.82) is 0 Å². The molecule has 3 unspecified atom stereocenters. The van der Waals surface area contributed by atoms with E-state index in [1.54, 1.807) is 0 Å². The second kappa shape index (κ2) is 10.9. The quantitative estimate of drug-likeness (QED) is 0.188. The molecule has 2 saturated carbocycles. The van der Waals surface area contributed by atoms with Crippen LogP contribution in [0, 0.1) is 28.4 Å². The summed E-state index contributed by atoms with van der Waals surface area (Å²) >= 11 is 5.63. The molecule has 0 saturated heterocycles. The lowest BCUT2D eigenvalue weighted by Gasteiger charge is -2.55. The summed E-state index contributed by atoms with van der Waals surface area (Å²) in [5.74, 6) is -1.09. The monoisotopic (exact) mass is 794 g/mol. The van der Waals surface area contributed by atoms with Crippen LogP contribution < -0.4 is 0 Å². The number of hydrogen-bond donors (Lipinski definition) is 1. The van der Waals surface area contributed by atoms with Crippen LogP contribution in [0.3, 0.4) is 0 Å². The Morgan fingerprint density at radius 2 is 1.79 bits per heavy atom. The van der Waals surface area contributed by atoms with Gasteiger partial charge in [-0.2, -0.15) is 8.78 Å². The summed E-state index contributed by atoms with van der Waals surface area (Å²) in [5, 5.41) is 14.6. The predicted molar refractivity (Wildman–Crippen MR) is 176 cm³/mol. The van der Waals surface area contributed by atoms with Crippen LogP contribution in [0.5, 0.6) is 0 Å². The number of ketones is 1. The number of rotatable bonds is 3. The molecule has 2 nitrogen and oxygen atoms in total. The van der Waals surface area contributed by atoms with Crippen molar-refractivity contribution in [3.63, 3.8) is 0 Å². The van der Waals surface area contributed by atoms with E-state index in [4.69, 9.17) is 0 Å². The van der Waals surface area contributed by atoms with Crippen molar-refractivity contribution in [2.45, 2.75) is 95.5 Å². The lowest BCUT2D eigenvalue weighted by atomic mass is 9.50. The summed E-state index contributed by atoms with van der Waals surface area (Å²) in [7, 11) is 0. The van der Waals surface area contributed by atoms with Gasteiger partial charge in [-0.05, 0) is 151 Å². The van der Waals surface area contributed by atoms with Crippen molar-refractivity contribution >= 4 is 63.7 Å². The summed E-state index contributed by atoms with van der Waals surface area (Å²) in [6, 6.07) is 8.66. The van der Waals surface area contributed by atoms with Crippen LogP contribution in [0.15, 0.2) is 47.1 Å². The standard InChI is InChI=1S/C31H35F2I2O2PS/c1-28(2,3)21-8-5-19(6-9-21)25-18-29(4)26(13-14-30(29,37)31(32,33)15-16-39-38(34)35)24-11-7-20-17-22(36)10-12-23(20)27(24)25/h5-6,8-9,17,24-26,37H,7,10-14,18H2,1-4H3/t24?,25?,26?,29-,30-/m0/s1. The molecule has 39 heavy (non-hydrogen) atoms. The van der Waals surface area contributed by atoms with Gasteiger partial charge in [-0.1, -0.05) is 57.5 Å². The highest BCUT2D eigenvalue weighted by Crippen LogP contribution is 2.69. The van der Waals surface area contributed by atoms with Crippen molar-refractivity contribution in [2.24, 2.45) is 17.3 Å². The Morgan fingerprint density at radius 1 is 1.10 bits per heavy atom. The summed E-state index contributed by atoms with van der Waals surface area (Å²) < 4.78 is 31.3. The second-order valence-electron chi connectivity index (χ2n) is 12.9. The lowest BCUT2D eigenvalue weighted by Crippen LogP contribution is -2.60. The first-order valence-corrected chi connectivity index (χ1v) is 22.0. The molecule has 1 aromatic carbocycles. The molecular formula is C31H35F2I2O2PS. The molecule has 0 heterocycles. The molecule has 0 amide bonds. The van der Waals surface area contributed by atoms with E-state index < -0.39 is 19.3 Å². The van der Waals surface area contributed by atoms with E-state index in [1.165, 1.54) is 28.1 Å². The van der Waals surface area contributed by atoms with Crippen LogP contribution in [0.2, 0.25) is 0 Å². The maximum Gasteiger partial charge on any atom is 0.337 e. The molecule has 0 spiro atoms. The Morgan fingerprint density at radius 3 is 2.44 bits per heavy atom. The molecule has 2 fully saturated rings. The molecule has 0 radical (unpaired) electrons. The molecule has 4 aliphatic rings. The lowest BCUT2D eigenvalue weighted by molar-refractivity contribution is -0.209. The van der Waals surface area contributed by atoms with Crippen LogP contribution in [0.4, 0.5) is 8.78 Å².